The molecule has 2 unspecified atom stereocenters. The van der Waals surface area contributed by atoms with Crippen molar-refractivity contribution >= 4 is 11.8 Å². The molecule has 6 atom stereocenters. The van der Waals surface area contributed by atoms with Crippen molar-refractivity contribution in [1.82, 2.24) is 10.2 Å². The van der Waals surface area contributed by atoms with Crippen molar-refractivity contribution in [3.63, 3.8) is 0 Å². The summed E-state index contributed by atoms with van der Waals surface area (Å²) in [7, 11) is 1.67. The average molecular weight is 503 g/mol. The van der Waals surface area contributed by atoms with Crippen LogP contribution in [0, 0.1) is 5.92 Å². The first kappa shape index (κ1) is 29.9. The Balaban J connectivity index is 1.44. The summed E-state index contributed by atoms with van der Waals surface area (Å²) in [5.41, 5.74) is 0. The molecule has 0 spiro atoms. The standard InChI is InChI=1S/C25H46N2O8/c1-18-23(31)24(32)20(16-28)35-25(18)34-15-8-4-5-11-21(29)26-13-7-3-6-12-22(30)27-14-9-10-19(27)17-33-2/h18-20,23-25,28,31-32H,3-17H2,1-2H3,(H,26,29)/t18-,19-,20?,23+,24-,25?/m0/s1. The molecule has 10 heteroatoms. The van der Waals surface area contributed by atoms with Crippen molar-refractivity contribution in [2.24, 2.45) is 5.92 Å². The average Bonchev–Trinajstić information content (AvgIpc) is 3.31. The summed E-state index contributed by atoms with van der Waals surface area (Å²) < 4.78 is 16.4. The second kappa shape index (κ2) is 16.4. The van der Waals surface area contributed by atoms with Gasteiger partial charge < -0.3 is 39.7 Å². The highest BCUT2D eigenvalue weighted by molar-refractivity contribution is 5.77. The number of nitrogens with zero attached hydrogens (tertiary/aromatic N) is 1. The molecule has 2 amide bonds. The van der Waals surface area contributed by atoms with Crippen molar-refractivity contribution in [3.8, 4) is 0 Å². The third-order valence-corrected chi connectivity index (χ3v) is 6.96. The molecule has 2 aliphatic rings. The molecule has 2 heterocycles. The zero-order chi connectivity index (χ0) is 25.6. The predicted octanol–water partition coefficient (Wildman–Crippen LogP) is 0.953. The number of carbonyl (C=O) groups is 2. The zero-order valence-corrected chi connectivity index (χ0v) is 21.4. The van der Waals surface area contributed by atoms with Gasteiger partial charge in [-0.25, -0.2) is 0 Å². The maximum absolute atomic E-state index is 12.4. The topological polar surface area (TPSA) is 138 Å². The summed E-state index contributed by atoms with van der Waals surface area (Å²) in [5.74, 6) is -0.151. The number of hydrogen-bond donors (Lipinski definition) is 4. The number of rotatable bonds is 16. The van der Waals surface area contributed by atoms with Gasteiger partial charge in [0.05, 0.1) is 25.4 Å². The number of aliphatic hydroxyl groups excluding tert-OH is 3. The van der Waals surface area contributed by atoms with Gasteiger partial charge in [0, 0.05) is 45.6 Å². The van der Waals surface area contributed by atoms with E-state index in [2.05, 4.69) is 5.32 Å². The Labute approximate surface area is 209 Å². The van der Waals surface area contributed by atoms with Crippen LogP contribution in [0.25, 0.3) is 0 Å². The maximum atomic E-state index is 12.4. The zero-order valence-electron chi connectivity index (χ0n) is 21.4. The number of ether oxygens (including phenoxy) is 3. The quantitative estimate of drug-likeness (QED) is 0.229. The Morgan fingerprint density at radius 2 is 1.80 bits per heavy atom. The lowest BCUT2D eigenvalue weighted by Crippen LogP contribution is -2.55. The van der Waals surface area contributed by atoms with E-state index in [0.717, 1.165) is 57.9 Å². The van der Waals surface area contributed by atoms with Crippen LogP contribution in [0.15, 0.2) is 0 Å². The molecule has 0 aromatic heterocycles. The number of aliphatic hydroxyl groups is 3. The lowest BCUT2D eigenvalue weighted by molar-refractivity contribution is -0.282. The lowest BCUT2D eigenvalue weighted by atomic mass is 9.92. The van der Waals surface area contributed by atoms with Gasteiger partial charge >= 0.3 is 0 Å². The van der Waals surface area contributed by atoms with Crippen molar-refractivity contribution in [2.45, 2.75) is 102 Å². The summed E-state index contributed by atoms with van der Waals surface area (Å²) in [6.07, 6.45) is 4.37. The second-order valence-corrected chi connectivity index (χ2v) is 9.75. The highest BCUT2D eigenvalue weighted by atomic mass is 16.7. The number of methoxy groups -OCH3 is 1. The van der Waals surface area contributed by atoms with Gasteiger partial charge in [0.25, 0.3) is 0 Å². The van der Waals surface area contributed by atoms with E-state index in [4.69, 9.17) is 14.2 Å². The van der Waals surface area contributed by atoms with Gasteiger partial charge in [-0.1, -0.05) is 19.8 Å². The largest absolute Gasteiger partial charge is 0.394 e. The minimum absolute atomic E-state index is 0.0357. The van der Waals surface area contributed by atoms with Crippen LogP contribution >= 0.6 is 0 Å². The van der Waals surface area contributed by atoms with Gasteiger partial charge in [-0.15, -0.1) is 0 Å². The second-order valence-electron chi connectivity index (χ2n) is 9.75. The van der Waals surface area contributed by atoms with Crippen molar-refractivity contribution in [3.05, 3.63) is 0 Å². The minimum Gasteiger partial charge on any atom is -0.394 e. The highest BCUT2D eigenvalue weighted by Crippen LogP contribution is 2.27. The van der Waals surface area contributed by atoms with E-state index >= 15 is 0 Å². The summed E-state index contributed by atoms with van der Waals surface area (Å²) in [6.45, 7) is 3.84. The van der Waals surface area contributed by atoms with E-state index in [1.54, 1.807) is 14.0 Å². The minimum atomic E-state index is -1.13. The van der Waals surface area contributed by atoms with Crippen molar-refractivity contribution in [1.29, 1.82) is 0 Å². The number of nitrogens with one attached hydrogen (secondary N) is 1. The van der Waals surface area contributed by atoms with E-state index in [1.165, 1.54) is 0 Å². The molecule has 0 radical (unpaired) electrons. The van der Waals surface area contributed by atoms with Crippen LogP contribution in [-0.2, 0) is 23.8 Å². The van der Waals surface area contributed by atoms with Crippen LogP contribution in [0.2, 0.25) is 0 Å². The molecule has 35 heavy (non-hydrogen) atoms. The predicted molar refractivity (Wildman–Crippen MR) is 129 cm³/mol. The Morgan fingerprint density at radius 1 is 1.06 bits per heavy atom. The molecule has 2 rings (SSSR count). The molecule has 4 N–H and O–H groups in total. The van der Waals surface area contributed by atoms with Gasteiger partial charge in [-0.2, -0.15) is 0 Å². The third kappa shape index (κ3) is 9.93. The van der Waals surface area contributed by atoms with Crippen molar-refractivity contribution < 1.29 is 39.1 Å². The highest BCUT2D eigenvalue weighted by Gasteiger charge is 2.42. The normalized spacial score (nSPS) is 28.9. The fourth-order valence-electron chi connectivity index (χ4n) is 4.74. The number of amides is 2. The number of carbonyl (C=O) groups excluding carboxylic acids is 2. The number of unbranched alkanes of at least 4 members (excludes halogenated alkanes) is 4. The van der Waals surface area contributed by atoms with E-state index in [9.17, 15) is 24.9 Å². The summed E-state index contributed by atoms with van der Waals surface area (Å²) in [6, 6.07) is 0.225. The molecular formula is C25H46N2O8. The molecule has 0 aromatic carbocycles. The van der Waals surface area contributed by atoms with E-state index in [-0.39, 0.29) is 24.5 Å². The third-order valence-electron chi connectivity index (χ3n) is 6.96. The monoisotopic (exact) mass is 502 g/mol. The lowest BCUT2D eigenvalue weighted by Gasteiger charge is -2.40. The van der Waals surface area contributed by atoms with Crippen LogP contribution in [0.4, 0.5) is 0 Å². The van der Waals surface area contributed by atoms with Crippen LogP contribution in [0.3, 0.4) is 0 Å². The van der Waals surface area contributed by atoms with Gasteiger partial charge in [0.1, 0.15) is 12.2 Å². The van der Waals surface area contributed by atoms with Gasteiger partial charge in [-0.3, -0.25) is 9.59 Å². The smallest absolute Gasteiger partial charge is 0.222 e. The summed E-state index contributed by atoms with van der Waals surface area (Å²) in [5, 5.41) is 32.1. The van der Waals surface area contributed by atoms with Gasteiger partial charge in [-0.05, 0) is 38.5 Å². The van der Waals surface area contributed by atoms with Crippen LogP contribution in [0.5, 0.6) is 0 Å². The summed E-state index contributed by atoms with van der Waals surface area (Å²) >= 11 is 0. The van der Waals surface area contributed by atoms with Crippen LogP contribution < -0.4 is 5.32 Å². The van der Waals surface area contributed by atoms with E-state index in [1.807, 2.05) is 4.90 Å². The molecule has 204 valence electrons. The van der Waals surface area contributed by atoms with Gasteiger partial charge in [0.15, 0.2) is 6.29 Å². The first-order chi connectivity index (χ1) is 16.9. The maximum Gasteiger partial charge on any atom is 0.222 e. The molecule has 0 aliphatic carbocycles. The molecule has 0 bridgehead atoms. The van der Waals surface area contributed by atoms with Gasteiger partial charge in [0.2, 0.25) is 11.8 Å². The SMILES string of the molecule is COC[C@@H]1CCCN1C(=O)CCCCCNC(=O)CCCCCOC1OC(CO)[C@H](O)[C@H](O)[C@@H]1C. The molecule has 2 fully saturated rings. The fraction of sp³-hybridized carbons (Fsp3) is 0.920. The molecule has 2 saturated heterocycles. The summed E-state index contributed by atoms with van der Waals surface area (Å²) in [4.78, 5) is 26.3. The fourth-order valence-corrected chi connectivity index (χ4v) is 4.74. The first-order valence-electron chi connectivity index (χ1n) is 13.2. The Kier molecular flexibility index (Phi) is 14.1. The van der Waals surface area contributed by atoms with Crippen LogP contribution in [0.1, 0.15) is 71.1 Å². The number of hydrogen-bond acceptors (Lipinski definition) is 8. The first-order valence-corrected chi connectivity index (χ1v) is 13.2. The Bertz CT molecular complexity index is 620. The number of likely N-dealkylation sites (tertiary alicyclic amines) is 1. The molecule has 2 aliphatic heterocycles. The Morgan fingerprint density at radius 3 is 2.54 bits per heavy atom. The molecule has 0 saturated carbocycles. The molecule has 10 nitrogen and oxygen atoms in total. The van der Waals surface area contributed by atoms with E-state index < -0.39 is 30.5 Å². The molecule has 0 aromatic rings. The van der Waals surface area contributed by atoms with E-state index in [0.29, 0.717) is 32.6 Å². The Hall–Kier alpha value is -1.30. The van der Waals surface area contributed by atoms with Crippen molar-refractivity contribution in [2.75, 3.05) is 40.0 Å². The molecular weight excluding hydrogens is 456 g/mol. The van der Waals surface area contributed by atoms with Crippen LogP contribution in [-0.4, -0.2) is 103 Å².